The zero-order chi connectivity index (χ0) is 21.0. The number of fused-ring (bicyclic) bond motifs is 2. The summed E-state index contributed by atoms with van der Waals surface area (Å²) < 4.78 is 23.0. The van der Waals surface area contributed by atoms with Crippen molar-refractivity contribution in [2.24, 2.45) is 0 Å². The molecule has 0 spiro atoms. The lowest BCUT2D eigenvalue weighted by molar-refractivity contribution is -0.0271. The maximum Gasteiger partial charge on any atom is 0.137 e. The molecule has 1 aromatic carbocycles. The van der Waals surface area contributed by atoms with Crippen LogP contribution >= 0.6 is 11.5 Å². The molecule has 3 aromatic rings. The number of nitrogens with one attached hydrogen (secondary N) is 1. The van der Waals surface area contributed by atoms with E-state index in [0.717, 1.165) is 48.5 Å². The van der Waals surface area contributed by atoms with Crippen molar-refractivity contribution < 1.29 is 14.2 Å². The van der Waals surface area contributed by atoms with E-state index in [1.165, 1.54) is 9.75 Å². The van der Waals surface area contributed by atoms with Crippen LogP contribution in [-0.4, -0.2) is 59.9 Å². The molecule has 5 rings (SSSR count). The first kappa shape index (κ1) is 20.2. The molecule has 0 unspecified atom stereocenters. The molecule has 0 saturated carbocycles. The highest BCUT2D eigenvalue weighted by Gasteiger charge is 2.22. The van der Waals surface area contributed by atoms with Gasteiger partial charge in [-0.3, -0.25) is 10.3 Å². The lowest BCUT2D eigenvalue weighted by Crippen LogP contribution is -2.46. The van der Waals surface area contributed by atoms with E-state index in [4.69, 9.17) is 14.2 Å². The van der Waals surface area contributed by atoms with Gasteiger partial charge in [-0.25, -0.2) is 0 Å². The van der Waals surface area contributed by atoms with Crippen LogP contribution in [0, 0.1) is 0 Å². The summed E-state index contributed by atoms with van der Waals surface area (Å²) in [5.74, 6) is 1.54. The standard InChI is InChI=1S/C23H26N4O3S/c1-28-19-9-20-21(24-11-19)3-2-4-22(20)30-14-18-6-5-17(13-29-18)25-15-27-8-7-23-16(12-27)10-26-31-23/h2-4,7,9-12,17-18,25H,5-6,8,13-15H2,1H3/t17-,18+/m1/s1. The molecule has 0 radical (unpaired) electrons. The number of aromatic nitrogens is 2. The molecule has 1 N–H and O–H groups in total. The first-order valence-corrected chi connectivity index (χ1v) is 11.3. The lowest BCUT2D eigenvalue weighted by Gasteiger charge is -2.31. The number of ether oxygens (including phenoxy) is 3. The zero-order valence-electron chi connectivity index (χ0n) is 17.5. The molecule has 0 amide bonds. The van der Waals surface area contributed by atoms with Crippen LogP contribution in [0.5, 0.6) is 11.5 Å². The molecule has 7 nitrogen and oxygen atoms in total. The molecule has 2 atom stereocenters. The van der Waals surface area contributed by atoms with Crippen LogP contribution < -0.4 is 24.5 Å². The number of rotatable bonds is 7. The van der Waals surface area contributed by atoms with Gasteiger partial charge in [-0.2, -0.15) is 4.37 Å². The number of nitrogens with zero attached hydrogens (tertiary/aromatic N) is 3. The summed E-state index contributed by atoms with van der Waals surface area (Å²) in [4.78, 5) is 6.70. The summed E-state index contributed by atoms with van der Waals surface area (Å²) in [6.07, 6.45) is 10.2. The second-order valence-corrected chi connectivity index (χ2v) is 8.68. The summed E-state index contributed by atoms with van der Waals surface area (Å²) >= 11 is 1.55. The Kier molecular flexibility index (Phi) is 6.01. The van der Waals surface area contributed by atoms with Gasteiger partial charge in [-0.15, -0.1) is 0 Å². The summed E-state index contributed by atoms with van der Waals surface area (Å²) in [7, 11) is 1.64. The molecule has 2 aromatic heterocycles. The fourth-order valence-corrected chi connectivity index (χ4v) is 4.58. The monoisotopic (exact) mass is 438 g/mol. The molecule has 2 aliphatic heterocycles. The van der Waals surface area contributed by atoms with E-state index in [1.807, 2.05) is 30.5 Å². The van der Waals surface area contributed by atoms with Crippen molar-refractivity contribution in [1.82, 2.24) is 19.6 Å². The van der Waals surface area contributed by atoms with Gasteiger partial charge in [0, 0.05) is 35.6 Å². The summed E-state index contributed by atoms with van der Waals surface area (Å²) in [5.41, 5.74) is 0.893. The molecule has 0 bridgehead atoms. The average molecular weight is 439 g/mol. The molecule has 8 heteroatoms. The number of hydrogen-bond donors (Lipinski definition) is 1. The van der Waals surface area contributed by atoms with Gasteiger partial charge in [0.1, 0.15) is 18.1 Å². The maximum atomic E-state index is 6.11. The Balaban J connectivity index is 1.10. The molecule has 1 saturated heterocycles. The molecular formula is C23H26N4O3S. The van der Waals surface area contributed by atoms with E-state index >= 15 is 0 Å². The first-order valence-electron chi connectivity index (χ1n) is 10.6. The molecular weight excluding hydrogens is 412 g/mol. The van der Waals surface area contributed by atoms with Crippen LogP contribution in [0.25, 0.3) is 23.2 Å². The van der Waals surface area contributed by atoms with Crippen LogP contribution in [0.15, 0.2) is 36.7 Å². The third-order valence-electron chi connectivity index (χ3n) is 5.73. The van der Waals surface area contributed by atoms with E-state index in [1.54, 1.807) is 24.8 Å². The Morgan fingerprint density at radius 1 is 1.29 bits per heavy atom. The number of hydrogen-bond acceptors (Lipinski definition) is 8. The number of methoxy groups -OCH3 is 1. The van der Waals surface area contributed by atoms with Gasteiger partial charge >= 0.3 is 0 Å². The molecule has 0 aliphatic carbocycles. The largest absolute Gasteiger partial charge is 0.495 e. The maximum absolute atomic E-state index is 6.11. The summed E-state index contributed by atoms with van der Waals surface area (Å²) in [6.45, 7) is 2.95. The second kappa shape index (κ2) is 9.21. The predicted octanol–water partition coefficient (Wildman–Crippen LogP) is 1.71. The van der Waals surface area contributed by atoms with Gasteiger partial charge in [0.2, 0.25) is 0 Å². The third-order valence-corrected chi connectivity index (χ3v) is 6.54. The van der Waals surface area contributed by atoms with Gasteiger partial charge < -0.3 is 19.1 Å². The lowest BCUT2D eigenvalue weighted by atomic mass is 10.1. The van der Waals surface area contributed by atoms with Crippen LogP contribution in [0.1, 0.15) is 12.8 Å². The molecule has 1 fully saturated rings. The van der Waals surface area contributed by atoms with Crippen LogP contribution in [0.3, 0.4) is 0 Å². The molecule has 4 heterocycles. The molecule has 31 heavy (non-hydrogen) atoms. The third kappa shape index (κ3) is 4.66. The Bertz CT molecular complexity index is 1160. The first-order chi connectivity index (χ1) is 15.3. The smallest absolute Gasteiger partial charge is 0.137 e. The van der Waals surface area contributed by atoms with Crippen molar-refractivity contribution >= 4 is 34.7 Å². The average Bonchev–Trinajstić information content (AvgIpc) is 3.29. The van der Waals surface area contributed by atoms with Gasteiger partial charge in [0.25, 0.3) is 0 Å². The van der Waals surface area contributed by atoms with E-state index in [0.29, 0.717) is 19.3 Å². The SMILES string of the molecule is COc1cnc2cccc(OC[C@@H]3CC[C@@H](NCN4C=c5cnsc5=CC4)CO3)c2c1. The highest BCUT2D eigenvalue weighted by molar-refractivity contribution is 7.03. The topological polar surface area (TPSA) is 68.7 Å². The van der Waals surface area contributed by atoms with Crippen molar-refractivity contribution in [1.29, 1.82) is 0 Å². The van der Waals surface area contributed by atoms with Crippen molar-refractivity contribution in [2.75, 3.05) is 33.5 Å². The van der Waals surface area contributed by atoms with Gasteiger partial charge in [-0.1, -0.05) is 6.07 Å². The highest BCUT2D eigenvalue weighted by atomic mass is 32.1. The number of benzene rings is 1. The second-order valence-electron chi connectivity index (χ2n) is 7.85. The van der Waals surface area contributed by atoms with Crippen molar-refractivity contribution in [3.8, 4) is 11.5 Å². The van der Waals surface area contributed by atoms with E-state index in [2.05, 4.69) is 31.9 Å². The Hall–Kier alpha value is -2.68. The number of pyridine rings is 1. The van der Waals surface area contributed by atoms with E-state index in [9.17, 15) is 0 Å². The van der Waals surface area contributed by atoms with Crippen molar-refractivity contribution in [3.05, 3.63) is 46.4 Å². The molecule has 162 valence electrons. The van der Waals surface area contributed by atoms with Crippen LogP contribution in [0.4, 0.5) is 0 Å². The van der Waals surface area contributed by atoms with Gasteiger partial charge in [0.05, 0.1) is 42.7 Å². The highest BCUT2D eigenvalue weighted by Crippen LogP contribution is 2.28. The summed E-state index contributed by atoms with van der Waals surface area (Å²) in [5, 5.41) is 5.77. The zero-order valence-corrected chi connectivity index (χ0v) is 18.3. The van der Waals surface area contributed by atoms with Crippen LogP contribution in [0.2, 0.25) is 0 Å². The predicted molar refractivity (Wildman–Crippen MR) is 122 cm³/mol. The van der Waals surface area contributed by atoms with Crippen molar-refractivity contribution in [3.63, 3.8) is 0 Å². The van der Waals surface area contributed by atoms with Gasteiger partial charge in [-0.05, 0) is 48.6 Å². The Labute approximate surface area is 185 Å². The minimum absolute atomic E-state index is 0.0983. The van der Waals surface area contributed by atoms with E-state index < -0.39 is 0 Å². The van der Waals surface area contributed by atoms with E-state index in [-0.39, 0.29) is 6.10 Å². The normalized spacial score (nSPS) is 20.6. The Morgan fingerprint density at radius 2 is 2.26 bits per heavy atom. The molecule has 2 aliphatic rings. The van der Waals surface area contributed by atoms with Gasteiger partial charge in [0.15, 0.2) is 0 Å². The minimum atomic E-state index is 0.0983. The minimum Gasteiger partial charge on any atom is -0.495 e. The fraction of sp³-hybridized carbons (Fsp3) is 0.391. The fourth-order valence-electron chi connectivity index (χ4n) is 3.94. The van der Waals surface area contributed by atoms with Crippen molar-refractivity contribution in [2.45, 2.75) is 25.0 Å². The summed E-state index contributed by atoms with van der Waals surface area (Å²) in [6, 6.07) is 8.23. The quantitative estimate of drug-likeness (QED) is 0.602. The Morgan fingerprint density at radius 3 is 3.13 bits per heavy atom. The van der Waals surface area contributed by atoms with Crippen LogP contribution in [-0.2, 0) is 4.74 Å².